The summed E-state index contributed by atoms with van der Waals surface area (Å²) in [4.78, 5) is 5.00. The largest absolute Gasteiger partial charge is 0.386 e. The highest BCUT2D eigenvalue weighted by Crippen LogP contribution is 2.69. The molecule has 0 radical (unpaired) electrons. The number of rotatable bonds is 9. The zero-order chi connectivity index (χ0) is 22.5. The number of unbranched alkanes of at least 4 members (excludes halogenated alkanes) is 2. The van der Waals surface area contributed by atoms with Crippen LogP contribution in [0, 0.1) is 33.5 Å². The number of amidine groups is 1. The van der Waals surface area contributed by atoms with Gasteiger partial charge in [-0.15, -0.1) is 23.5 Å². The molecule has 0 aromatic heterocycles. The number of thioether (sulfide) groups is 2. The van der Waals surface area contributed by atoms with E-state index in [2.05, 4.69) is 31.3 Å². The molecule has 2 heterocycles. The lowest BCUT2D eigenvalue weighted by Crippen LogP contribution is -2.59. The van der Waals surface area contributed by atoms with Crippen LogP contribution in [0.5, 0.6) is 0 Å². The van der Waals surface area contributed by atoms with Gasteiger partial charge >= 0.3 is 0 Å². The van der Waals surface area contributed by atoms with Crippen LogP contribution < -0.4 is 11.1 Å². The van der Waals surface area contributed by atoms with Crippen LogP contribution in [0.1, 0.15) is 58.1 Å². The minimum absolute atomic E-state index is 0.259. The molecule has 0 unspecified atom stereocenters. The third kappa shape index (κ3) is 3.62. The smallest absolute Gasteiger partial charge is 0.178 e. The highest BCUT2D eigenvalue weighted by atomic mass is 32.2. The maximum Gasteiger partial charge on any atom is 0.178 e. The monoisotopic (exact) mass is 453 g/mol. The van der Waals surface area contributed by atoms with Gasteiger partial charge in [-0.05, 0) is 42.9 Å². The standard InChI is InChI=1S/C24H31N5S2/c1-4-6-13-30-24(31-14-7-5-2)22(16-25)15-18(3)28-20(19-11-9-8-10-12-19)23(22,17-26)21(27)29-24/h8-12,15,20,28H,4-7,13-14H2,1-3H3,(H2,27,29)/t20-,22-,23+/m1/s1. The van der Waals surface area contributed by atoms with E-state index in [1.165, 1.54) is 0 Å². The van der Waals surface area contributed by atoms with Gasteiger partial charge in [0.1, 0.15) is 11.3 Å². The number of nitriles is 2. The number of aliphatic imine (C=N–C) groups is 1. The second-order valence-electron chi connectivity index (χ2n) is 8.14. The lowest BCUT2D eigenvalue weighted by molar-refractivity contribution is 0.218. The number of nitrogens with one attached hydrogen (secondary N) is 1. The van der Waals surface area contributed by atoms with E-state index < -0.39 is 21.1 Å². The predicted molar refractivity (Wildman–Crippen MR) is 131 cm³/mol. The molecule has 7 heteroatoms. The molecule has 0 amide bonds. The summed E-state index contributed by atoms with van der Waals surface area (Å²) in [5.41, 5.74) is 5.98. The summed E-state index contributed by atoms with van der Waals surface area (Å²) in [6.07, 6.45) is 6.11. The summed E-state index contributed by atoms with van der Waals surface area (Å²) >= 11 is 3.36. The van der Waals surface area contributed by atoms with Crippen LogP contribution in [0.15, 0.2) is 47.1 Å². The summed E-state index contributed by atoms with van der Waals surface area (Å²) < 4.78 is -0.845. The first-order valence-electron chi connectivity index (χ1n) is 10.9. The molecule has 1 aromatic rings. The minimum atomic E-state index is -1.29. The van der Waals surface area contributed by atoms with Crippen molar-refractivity contribution in [3.05, 3.63) is 47.7 Å². The number of nitrogens with zero attached hydrogens (tertiary/aromatic N) is 3. The average Bonchev–Trinajstić information content (AvgIpc) is 2.99. The first-order chi connectivity index (χ1) is 15.0. The fraction of sp³-hybridized carbons (Fsp3) is 0.542. The number of hydrogen-bond acceptors (Lipinski definition) is 7. The van der Waals surface area contributed by atoms with Gasteiger partial charge in [0.05, 0.1) is 18.2 Å². The number of nitrogens with two attached hydrogens (primary N) is 1. The average molecular weight is 454 g/mol. The Balaban J connectivity index is 2.23. The Hall–Kier alpha value is -2.09. The van der Waals surface area contributed by atoms with E-state index >= 15 is 0 Å². The second kappa shape index (κ2) is 9.59. The van der Waals surface area contributed by atoms with Crippen molar-refractivity contribution in [2.75, 3.05) is 11.5 Å². The first kappa shape index (κ1) is 23.6. The van der Waals surface area contributed by atoms with Crippen LogP contribution >= 0.6 is 23.5 Å². The van der Waals surface area contributed by atoms with Crippen molar-refractivity contribution < 1.29 is 0 Å². The topological polar surface area (TPSA) is 98.0 Å². The Morgan fingerprint density at radius 2 is 1.68 bits per heavy atom. The first-order valence-corrected chi connectivity index (χ1v) is 12.9. The lowest BCUT2D eigenvalue weighted by Gasteiger charge is -2.49. The molecule has 3 atom stereocenters. The number of benzene rings is 1. The van der Waals surface area contributed by atoms with Crippen molar-refractivity contribution in [2.24, 2.45) is 21.6 Å². The third-order valence-electron chi connectivity index (χ3n) is 6.11. The molecule has 3 rings (SSSR count). The fourth-order valence-corrected chi connectivity index (χ4v) is 8.06. The summed E-state index contributed by atoms with van der Waals surface area (Å²) in [5.74, 6) is 2.00. The molecule has 2 aliphatic rings. The SMILES string of the molecule is CCCCSC1(SCCCC)N=C(N)[C@]2(C#N)[C@@H](c3ccccc3)NC(C)=C[C@]12C#N. The van der Waals surface area contributed by atoms with Crippen molar-refractivity contribution in [2.45, 2.75) is 56.7 Å². The van der Waals surface area contributed by atoms with Crippen LogP contribution in [-0.2, 0) is 0 Å². The molecule has 31 heavy (non-hydrogen) atoms. The molecule has 3 N–H and O–H groups in total. The maximum absolute atomic E-state index is 10.8. The molecule has 0 fully saturated rings. The van der Waals surface area contributed by atoms with Gasteiger partial charge in [0.25, 0.3) is 0 Å². The minimum Gasteiger partial charge on any atom is -0.386 e. The third-order valence-corrected chi connectivity index (χ3v) is 9.41. The van der Waals surface area contributed by atoms with Gasteiger partial charge < -0.3 is 11.1 Å². The van der Waals surface area contributed by atoms with Crippen LogP contribution in [0.2, 0.25) is 0 Å². The molecular weight excluding hydrogens is 422 g/mol. The van der Waals surface area contributed by atoms with Gasteiger partial charge in [-0.3, -0.25) is 0 Å². The zero-order valence-electron chi connectivity index (χ0n) is 18.5. The van der Waals surface area contributed by atoms with E-state index in [0.717, 1.165) is 48.4 Å². The van der Waals surface area contributed by atoms with Crippen molar-refractivity contribution in [1.82, 2.24) is 5.32 Å². The van der Waals surface area contributed by atoms with Crippen LogP contribution in [-0.4, -0.2) is 21.5 Å². The molecule has 164 valence electrons. The Bertz CT molecular complexity index is 920. The summed E-state index contributed by atoms with van der Waals surface area (Å²) in [6.45, 7) is 6.27. The predicted octanol–water partition coefficient (Wildman–Crippen LogP) is 5.35. The van der Waals surface area contributed by atoms with Crippen molar-refractivity contribution in [3.63, 3.8) is 0 Å². The molecule has 0 spiro atoms. The maximum atomic E-state index is 10.8. The molecule has 0 saturated carbocycles. The highest BCUT2D eigenvalue weighted by molar-refractivity contribution is 8.18. The summed E-state index contributed by atoms with van der Waals surface area (Å²) in [6, 6.07) is 14.5. The van der Waals surface area contributed by atoms with E-state index in [9.17, 15) is 10.5 Å². The van der Waals surface area contributed by atoms with Crippen LogP contribution in [0.4, 0.5) is 0 Å². The van der Waals surface area contributed by atoms with E-state index in [1.54, 1.807) is 23.5 Å². The Morgan fingerprint density at radius 1 is 1.06 bits per heavy atom. The summed E-state index contributed by atoms with van der Waals surface area (Å²) in [7, 11) is 0. The molecular formula is C24H31N5S2. The molecule has 0 bridgehead atoms. The lowest BCUT2D eigenvalue weighted by atomic mass is 9.58. The van der Waals surface area contributed by atoms with Crippen LogP contribution in [0.3, 0.4) is 0 Å². The Morgan fingerprint density at radius 3 is 2.19 bits per heavy atom. The summed E-state index contributed by atoms with van der Waals surface area (Å²) in [5, 5.41) is 24.9. The van der Waals surface area contributed by atoms with Gasteiger partial charge in [-0.2, -0.15) is 10.5 Å². The quantitative estimate of drug-likeness (QED) is 0.386. The number of fused-ring (bicyclic) bond motifs is 1. The fourth-order valence-electron chi connectivity index (χ4n) is 4.49. The van der Waals surface area contributed by atoms with Crippen LogP contribution in [0.25, 0.3) is 0 Å². The molecule has 1 aromatic carbocycles. The molecule has 0 aliphatic carbocycles. The second-order valence-corrected chi connectivity index (χ2v) is 11.0. The van der Waals surface area contributed by atoms with Gasteiger partial charge in [0.2, 0.25) is 0 Å². The number of hydrogen-bond donors (Lipinski definition) is 2. The molecule has 5 nitrogen and oxygen atoms in total. The Kier molecular flexibility index (Phi) is 7.29. The Labute approximate surface area is 194 Å². The van der Waals surface area contributed by atoms with Gasteiger partial charge in [-0.1, -0.05) is 57.0 Å². The van der Waals surface area contributed by atoms with E-state index in [0.29, 0.717) is 0 Å². The van der Waals surface area contributed by atoms with Gasteiger partial charge in [0, 0.05) is 5.70 Å². The zero-order valence-corrected chi connectivity index (χ0v) is 20.2. The molecule has 2 aliphatic heterocycles. The van der Waals surface area contributed by atoms with Crippen molar-refractivity contribution in [1.29, 1.82) is 10.5 Å². The van der Waals surface area contributed by atoms with Crippen molar-refractivity contribution >= 4 is 29.4 Å². The van der Waals surface area contributed by atoms with E-state index in [4.69, 9.17) is 10.7 Å². The van der Waals surface area contributed by atoms with Crippen molar-refractivity contribution in [3.8, 4) is 12.1 Å². The number of allylic oxidation sites excluding steroid dienone is 1. The van der Waals surface area contributed by atoms with E-state index in [-0.39, 0.29) is 5.84 Å². The normalized spacial score (nSPS) is 28.5. The van der Waals surface area contributed by atoms with E-state index in [1.807, 2.05) is 43.3 Å². The highest BCUT2D eigenvalue weighted by Gasteiger charge is 2.75. The molecule has 0 saturated heterocycles. The van der Waals surface area contributed by atoms with Gasteiger partial charge in [0.15, 0.2) is 9.62 Å². The van der Waals surface area contributed by atoms with Gasteiger partial charge in [-0.25, -0.2) is 4.99 Å².